The van der Waals surface area contributed by atoms with E-state index in [2.05, 4.69) is 5.32 Å². The lowest BCUT2D eigenvalue weighted by Gasteiger charge is -2.31. The molecule has 1 aliphatic rings. The van der Waals surface area contributed by atoms with Crippen molar-refractivity contribution in [3.8, 4) is 11.5 Å². The topological polar surface area (TPSA) is 56.8 Å². The van der Waals surface area contributed by atoms with Gasteiger partial charge in [-0.05, 0) is 26.0 Å². The maximum absolute atomic E-state index is 12.1. The Hall–Kier alpha value is -1.75. The van der Waals surface area contributed by atoms with E-state index >= 15 is 0 Å². The quantitative estimate of drug-likeness (QED) is 0.893. The van der Waals surface area contributed by atoms with Gasteiger partial charge < -0.3 is 19.5 Å². The van der Waals surface area contributed by atoms with Crippen LogP contribution >= 0.6 is 0 Å². The molecule has 3 atom stereocenters. The van der Waals surface area contributed by atoms with E-state index in [9.17, 15) is 4.79 Å². The molecule has 104 valence electrons. The molecule has 1 N–H and O–H groups in total. The first-order chi connectivity index (χ1) is 9.11. The van der Waals surface area contributed by atoms with Crippen LogP contribution in [-0.2, 0) is 9.53 Å². The molecule has 1 amide bonds. The van der Waals surface area contributed by atoms with Crippen LogP contribution in [0.2, 0.25) is 0 Å². The number of amides is 1. The van der Waals surface area contributed by atoms with Crippen molar-refractivity contribution in [2.24, 2.45) is 0 Å². The Labute approximate surface area is 112 Å². The Morgan fingerprint density at radius 2 is 2.00 bits per heavy atom. The standard InChI is InChI=1S/C14H19NO4/c1-9(8-17-3)15-14(16)13-10(2)18-11-6-4-5-7-12(11)19-13/h4-7,9-10,13H,8H2,1-3H3,(H,15,16). The van der Waals surface area contributed by atoms with E-state index < -0.39 is 6.10 Å². The normalized spacial score (nSPS) is 22.7. The fourth-order valence-corrected chi connectivity index (χ4v) is 2.02. The SMILES string of the molecule is COCC(C)NC(=O)C1Oc2ccccc2OC1C. The number of benzene rings is 1. The molecule has 1 aliphatic heterocycles. The number of fused-ring (bicyclic) bond motifs is 1. The highest BCUT2D eigenvalue weighted by Crippen LogP contribution is 2.33. The molecule has 19 heavy (non-hydrogen) atoms. The number of hydrogen-bond acceptors (Lipinski definition) is 4. The van der Waals surface area contributed by atoms with Crippen LogP contribution in [0.15, 0.2) is 24.3 Å². The monoisotopic (exact) mass is 265 g/mol. The summed E-state index contributed by atoms with van der Waals surface area (Å²) in [6.45, 7) is 4.16. The van der Waals surface area contributed by atoms with Gasteiger partial charge in [0.1, 0.15) is 6.10 Å². The summed E-state index contributed by atoms with van der Waals surface area (Å²) >= 11 is 0. The lowest BCUT2D eigenvalue weighted by molar-refractivity contribution is -0.134. The molecule has 0 saturated carbocycles. The molecule has 0 aromatic heterocycles. The molecule has 0 bridgehead atoms. The minimum Gasteiger partial charge on any atom is -0.482 e. The number of carbonyl (C=O) groups is 1. The first-order valence-corrected chi connectivity index (χ1v) is 6.33. The van der Waals surface area contributed by atoms with Crippen LogP contribution < -0.4 is 14.8 Å². The second-order valence-electron chi connectivity index (χ2n) is 4.67. The van der Waals surface area contributed by atoms with Crippen molar-refractivity contribution in [3.63, 3.8) is 0 Å². The van der Waals surface area contributed by atoms with Gasteiger partial charge in [0, 0.05) is 13.2 Å². The van der Waals surface area contributed by atoms with E-state index in [4.69, 9.17) is 14.2 Å². The lowest BCUT2D eigenvalue weighted by Crippen LogP contribution is -2.51. The van der Waals surface area contributed by atoms with Crippen LogP contribution in [0.3, 0.4) is 0 Å². The van der Waals surface area contributed by atoms with Gasteiger partial charge in [-0.3, -0.25) is 4.79 Å². The summed E-state index contributed by atoms with van der Waals surface area (Å²) < 4.78 is 16.4. The fourth-order valence-electron chi connectivity index (χ4n) is 2.02. The molecular weight excluding hydrogens is 246 g/mol. The van der Waals surface area contributed by atoms with E-state index in [1.54, 1.807) is 13.2 Å². The maximum atomic E-state index is 12.1. The molecule has 0 radical (unpaired) electrons. The van der Waals surface area contributed by atoms with Gasteiger partial charge in [-0.1, -0.05) is 12.1 Å². The molecule has 0 fully saturated rings. The zero-order valence-electron chi connectivity index (χ0n) is 11.4. The predicted molar refractivity (Wildman–Crippen MR) is 70.4 cm³/mol. The van der Waals surface area contributed by atoms with Gasteiger partial charge in [0.25, 0.3) is 5.91 Å². The van der Waals surface area contributed by atoms with Gasteiger partial charge in [-0.15, -0.1) is 0 Å². The third-order valence-corrected chi connectivity index (χ3v) is 2.91. The summed E-state index contributed by atoms with van der Waals surface area (Å²) in [6.07, 6.45) is -0.973. The number of hydrogen-bond donors (Lipinski definition) is 1. The van der Waals surface area contributed by atoms with Crippen LogP contribution in [0, 0.1) is 0 Å². The highest BCUT2D eigenvalue weighted by atomic mass is 16.6. The van der Waals surface area contributed by atoms with Crippen molar-refractivity contribution < 1.29 is 19.0 Å². The average molecular weight is 265 g/mol. The molecule has 3 unspecified atom stereocenters. The predicted octanol–water partition coefficient (Wildman–Crippen LogP) is 1.37. The molecule has 1 aromatic carbocycles. The summed E-state index contributed by atoms with van der Waals surface area (Å²) in [6, 6.07) is 7.27. The number of nitrogens with one attached hydrogen (secondary N) is 1. The zero-order chi connectivity index (χ0) is 13.8. The van der Waals surface area contributed by atoms with Crippen LogP contribution in [0.4, 0.5) is 0 Å². The smallest absolute Gasteiger partial charge is 0.265 e. The Kier molecular flexibility index (Phi) is 4.27. The minimum atomic E-state index is -0.644. The van der Waals surface area contributed by atoms with Gasteiger partial charge in [0.05, 0.1) is 6.61 Å². The molecule has 0 saturated heterocycles. The van der Waals surface area contributed by atoms with Crippen molar-refractivity contribution in [1.82, 2.24) is 5.32 Å². The van der Waals surface area contributed by atoms with E-state index in [-0.39, 0.29) is 18.1 Å². The summed E-state index contributed by atoms with van der Waals surface area (Å²) in [5.74, 6) is 1.08. The van der Waals surface area contributed by atoms with Gasteiger partial charge in [-0.2, -0.15) is 0 Å². The average Bonchev–Trinajstić information content (AvgIpc) is 2.38. The Bertz CT molecular complexity index is 449. The van der Waals surface area contributed by atoms with E-state index in [0.717, 1.165) is 0 Å². The zero-order valence-corrected chi connectivity index (χ0v) is 11.4. The second-order valence-corrected chi connectivity index (χ2v) is 4.67. The Balaban J connectivity index is 2.03. The fraction of sp³-hybridized carbons (Fsp3) is 0.500. The summed E-state index contributed by atoms with van der Waals surface area (Å²) in [4.78, 5) is 12.1. The van der Waals surface area contributed by atoms with Crippen molar-refractivity contribution in [2.75, 3.05) is 13.7 Å². The van der Waals surface area contributed by atoms with E-state index in [1.165, 1.54) is 0 Å². The van der Waals surface area contributed by atoms with Gasteiger partial charge in [0.2, 0.25) is 6.10 Å². The van der Waals surface area contributed by atoms with Gasteiger partial charge in [0.15, 0.2) is 11.5 Å². The lowest BCUT2D eigenvalue weighted by atomic mass is 10.1. The maximum Gasteiger partial charge on any atom is 0.265 e. The van der Waals surface area contributed by atoms with Gasteiger partial charge in [-0.25, -0.2) is 0 Å². The molecule has 2 rings (SSSR count). The van der Waals surface area contributed by atoms with Crippen molar-refractivity contribution in [2.45, 2.75) is 32.1 Å². The van der Waals surface area contributed by atoms with Crippen LogP contribution in [0.1, 0.15) is 13.8 Å². The number of para-hydroxylation sites is 2. The number of ether oxygens (including phenoxy) is 3. The molecule has 0 aliphatic carbocycles. The number of methoxy groups -OCH3 is 1. The van der Waals surface area contributed by atoms with Crippen molar-refractivity contribution >= 4 is 5.91 Å². The van der Waals surface area contributed by atoms with Crippen LogP contribution in [0.5, 0.6) is 11.5 Å². The van der Waals surface area contributed by atoms with Crippen molar-refractivity contribution in [3.05, 3.63) is 24.3 Å². The molecule has 1 heterocycles. The first kappa shape index (κ1) is 13.7. The van der Waals surface area contributed by atoms with E-state index in [0.29, 0.717) is 18.1 Å². The summed E-state index contributed by atoms with van der Waals surface area (Å²) in [5, 5.41) is 2.84. The second kappa shape index (κ2) is 5.93. The highest BCUT2D eigenvalue weighted by molar-refractivity contribution is 5.82. The molecule has 0 spiro atoms. The third-order valence-electron chi connectivity index (χ3n) is 2.91. The summed E-state index contributed by atoms with van der Waals surface area (Å²) in [5.41, 5.74) is 0. The van der Waals surface area contributed by atoms with Crippen LogP contribution in [-0.4, -0.2) is 37.9 Å². The number of rotatable bonds is 4. The van der Waals surface area contributed by atoms with Gasteiger partial charge >= 0.3 is 0 Å². The molecule has 1 aromatic rings. The summed E-state index contributed by atoms with van der Waals surface area (Å²) in [7, 11) is 1.60. The van der Waals surface area contributed by atoms with E-state index in [1.807, 2.05) is 32.0 Å². The largest absolute Gasteiger partial charge is 0.482 e. The Morgan fingerprint density at radius 1 is 1.37 bits per heavy atom. The molecule has 5 nitrogen and oxygen atoms in total. The van der Waals surface area contributed by atoms with Crippen molar-refractivity contribution in [1.29, 1.82) is 0 Å². The van der Waals surface area contributed by atoms with Crippen LogP contribution in [0.25, 0.3) is 0 Å². The molecule has 5 heteroatoms. The number of carbonyl (C=O) groups excluding carboxylic acids is 1. The first-order valence-electron chi connectivity index (χ1n) is 6.33. The minimum absolute atomic E-state index is 0.0644. The third kappa shape index (κ3) is 3.17. The molecular formula is C14H19NO4. The highest BCUT2D eigenvalue weighted by Gasteiger charge is 2.34. The Morgan fingerprint density at radius 3 is 2.63 bits per heavy atom.